The van der Waals surface area contributed by atoms with E-state index in [0.717, 1.165) is 26.7 Å². The summed E-state index contributed by atoms with van der Waals surface area (Å²) in [6.07, 6.45) is 0.821. The lowest BCUT2D eigenvalue weighted by Gasteiger charge is -2.29. The van der Waals surface area contributed by atoms with E-state index < -0.39 is 11.4 Å². The van der Waals surface area contributed by atoms with Crippen LogP contribution in [0.5, 0.6) is 0 Å². The third-order valence-corrected chi connectivity index (χ3v) is 8.27. The molecule has 0 aliphatic rings. The van der Waals surface area contributed by atoms with Crippen molar-refractivity contribution in [2.24, 2.45) is 11.1 Å². The van der Waals surface area contributed by atoms with Gasteiger partial charge in [-0.05, 0) is 47.7 Å². The summed E-state index contributed by atoms with van der Waals surface area (Å²) in [5, 5.41) is 15.8. The monoisotopic (exact) mass is 586 g/mol. The van der Waals surface area contributed by atoms with Crippen molar-refractivity contribution in [1.82, 2.24) is 14.9 Å². The number of nitrogens with one attached hydrogen (secondary N) is 1. The van der Waals surface area contributed by atoms with Gasteiger partial charge in [-0.1, -0.05) is 78.3 Å². The van der Waals surface area contributed by atoms with Gasteiger partial charge in [0.25, 0.3) is 5.91 Å². The van der Waals surface area contributed by atoms with Crippen molar-refractivity contribution >= 4 is 46.2 Å². The van der Waals surface area contributed by atoms with E-state index in [0.29, 0.717) is 30.3 Å². The van der Waals surface area contributed by atoms with Crippen molar-refractivity contribution in [2.45, 2.75) is 83.4 Å². The first-order valence-corrected chi connectivity index (χ1v) is 14.9. The maximum atomic E-state index is 13.5. The third-order valence-electron chi connectivity index (χ3n) is 6.74. The van der Waals surface area contributed by atoms with E-state index in [9.17, 15) is 14.8 Å². The van der Waals surface area contributed by atoms with Gasteiger partial charge in [-0.15, -0.1) is 11.8 Å². The van der Waals surface area contributed by atoms with Gasteiger partial charge < -0.3 is 15.6 Å². The van der Waals surface area contributed by atoms with Gasteiger partial charge in [-0.2, -0.15) is 0 Å². The number of urea groups is 1. The minimum Gasteiger partial charge on any atom is -0.352 e. The average molecular weight is 587 g/mol. The largest absolute Gasteiger partial charge is 0.352 e. The van der Waals surface area contributed by atoms with Crippen LogP contribution in [0.4, 0.5) is 4.79 Å². The number of amides is 3. The fourth-order valence-corrected chi connectivity index (χ4v) is 6.00. The molecule has 7 nitrogen and oxygen atoms in total. The summed E-state index contributed by atoms with van der Waals surface area (Å²) in [4.78, 5) is 25.6. The van der Waals surface area contributed by atoms with E-state index in [4.69, 9.17) is 17.3 Å². The lowest BCUT2D eigenvalue weighted by atomic mass is 9.86. The number of carbonyl (C=O) groups is 2. The summed E-state index contributed by atoms with van der Waals surface area (Å²) < 4.78 is 2.25. The summed E-state index contributed by atoms with van der Waals surface area (Å²) in [5.41, 5.74) is 8.77. The minimum atomic E-state index is -0.897. The Balaban J connectivity index is 2.09. The van der Waals surface area contributed by atoms with Crippen molar-refractivity contribution in [3.05, 3.63) is 64.3 Å². The fraction of sp³-hybridized carbons (Fsp3) is 0.484. The molecule has 3 aromatic rings. The molecule has 0 bridgehead atoms. The summed E-state index contributed by atoms with van der Waals surface area (Å²) in [5.74, 6) is 0.00873. The van der Waals surface area contributed by atoms with Gasteiger partial charge in [0.15, 0.2) is 0 Å². The van der Waals surface area contributed by atoms with Crippen LogP contribution in [0.1, 0.15) is 77.6 Å². The zero-order valence-electron chi connectivity index (χ0n) is 24.7. The topological polar surface area (TPSA) is 101 Å². The molecule has 0 radical (unpaired) electrons. The molecular weight excluding hydrogens is 544 g/mol. The molecule has 2 aromatic carbocycles. The summed E-state index contributed by atoms with van der Waals surface area (Å²) >= 11 is 7.98. The van der Waals surface area contributed by atoms with Crippen molar-refractivity contribution in [3.63, 3.8) is 0 Å². The van der Waals surface area contributed by atoms with Gasteiger partial charge in [0.05, 0.1) is 12.0 Å². The number of fused-ring (bicyclic) bond motifs is 1. The molecule has 0 atom stereocenters. The molecule has 1 aromatic heterocycles. The minimum absolute atomic E-state index is 0.0629. The summed E-state index contributed by atoms with van der Waals surface area (Å²) in [6, 6.07) is 13.9. The number of nitrogens with zero attached hydrogens (tertiary/aromatic N) is 2. The smallest absolute Gasteiger partial charge is 0.312 e. The van der Waals surface area contributed by atoms with Gasteiger partial charge in [0.2, 0.25) is 0 Å². The molecule has 4 N–H and O–H groups in total. The second-order valence-corrected chi connectivity index (χ2v) is 14.5. The van der Waals surface area contributed by atoms with Gasteiger partial charge in [0, 0.05) is 50.8 Å². The molecule has 0 spiro atoms. The van der Waals surface area contributed by atoms with Gasteiger partial charge >= 0.3 is 6.03 Å². The number of hydroxylamine groups is 2. The molecule has 0 saturated carbocycles. The Kier molecular flexibility index (Phi) is 10.3. The number of halogens is 1. The van der Waals surface area contributed by atoms with Gasteiger partial charge in [-0.3, -0.25) is 10.0 Å². The Morgan fingerprint density at radius 1 is 1.10 bits per heavy atom. The first kappa shape index (κ1) is 31.8. The van der Waals surface area contributed by atoms with E-state index in [1.54, 1.807) is 0 Å². The van der Waals surface area contributed by atoms with E-state index >= 15 is 0 Å². The molecular formula is C31H43ClN4O3S. The van der Waals surface area contributed by atoms with Crippen LogP contribution >= 0.6 is 23.4 Å². The molecule has 3 rings (SSSR count). The molecule has 218 valence electrons. The lowest BCUT2D eigenvalue weighted by molar-refractivity contribution is -0.175. The molecule has 40 heavy (non-hydrogen) atoms. The van der Waals surface area contributed by atoms with Crippen LogP contribution in [0.25, 0.3) is 10.9 Å². The van der Waals surface area contributed by atoms with Crippen molar-refractivity contribution in [2.75, 3.05) is 13.1 Å². The van der Waals surface area contributed by atoms with Crippen molar-refractivity contribution in [1.29, 1.82) is 0 Å². The fourth-order valence-electron chi connectivity index (χ4n) is 4.69. The van der Waals surface area contributed by atoms with Crippen LogP contribution in [0.2, 0.25) is 5.02 Å². The first-order valence-electron chi connectivity index (χ1n) is 13.7. The zero-order chi connectivity index (χ0) is 29.8. The number of nitrogens with two attached hydrogens (primary N) is 1. The Morgan fingerprint density at radius 2 is 1.75 bits per heavy atom. The number of carbonyl (C=O) groups excluding carboxylic acids is 2. The molecule has 0 saturated heterocycles. The Bertz CT molecular complexity index is 1340. The predicted octanol–water partition coefficient (Wildman–Crippen LogP) is 7.20. The maximum absolute atomic E-state index is 13.5. The molecule has 1 heterocycles. The normalized spacial score (nSPS) is 12.2. The Morgan fingerprint density at radius 3 is 2.33 bits per heavy atom. The number of benzene rings is 2. The molecule has 3 amide bonds. The number of hydrogen-bond acceptors (Lipinski definition) is 4. The SMILES string of the molecule is CC(C)c1ccc2c(c1)c(SC(C)(C)C)c(CC(C)(C)C(=O)N(O)CCCNC(N)=O)n2Cc1ccc(Cl)cc1. The zero-order valence-corrected chi connectivity index (χ0v) is 26.2. The first-order chi connectivity index (χ1) is 18.6. The highest BCUT2D eigenvalue weighted by atomic mass is 35.5. The van der Waals surface area contributed by atoms with Crippen molar-refractivity contribution < 1.29 is 14.8 Å². The molecule has 0 unspecified atom stereocenters. The quantitative estimate of drug-likeness (QED) is 0.0956. The summed E-state index contributed by atoms with van der Waals surface area (Å²) in [6.45, 7) is 15.7. The molecule has 9 heteroatoms. The number of primary amides is 1. The molecule has 0 fully saturated rings. The highest BCUT2D eigenvalue weighted by Crippen LogP contribution is 2.44. The second kappa shape index (κ2) is 12.9. The van der Waals surface area contributed by atoms with Crippen LogP contribution in [0.3, 0.4) is 0 Å². The average Bonchev–Trinajstić information content (AvgIpc) is 3.12. The summed E-state index contributed by atoms with van der Waals surface area (Å²) in [7, 11) is 0. The number of hydrogen-bond donors (Lipinski definition) is 3. The Hall–Kier alpha value is -2.68. The molecule has 0 aliphatic carbocycles. The highest BCUT2D eigenvalue weighted by Gasteiger charge is 2.35. The van der Waals surface area contributed by atoms with Crippen LogP contribution in [0, 0.1) is 5.41 Å². The lowest BCUT2D eigenvalue weighted by Crippen LogP contribution is -2.42. The standard InChI is InChI=1S/C31H43ClN4O3S/c1-20(2)22-11-14-25-24(17-22)27(40-30(3,4)5)26(35(25)19-21-9-12-23(32)13-10-21)18-31(6,7)28(37)36(39)16-8-15-34-29(33)38/h9-14,17,20,39H,8,15-16,18-19H2,1-7H3,(H3,33,34,38). The van der Waals surface area contributed by atoms with Crippen LogP contribution in [0.15, 0.2) is 47.4 Å². The maximum Gasteiger partial charge on any atom is 0.312 e. The highest BCUT2D eigenvalue weighted by molar-refractivity contribution is 8.00. The van der Waals surface area contributed by atoms with E-state index in [-0.39, 0.29) is 23.7 Å². The van der Waals surface area contributed by atoms with Crippen LogP contribution < -0.4 is 11.1 Å². The third kappa shape index (κ3) is 8.18. The number of thioether (sulfide) groups is 1. The van der Waals surface area contributed by atoms with Gasteiger partial charge in [-0.25, -0.2) is 9.86 Å². The van der Waals surface area contributed by atoms with Crippen LogP contribution in [-0.2, 0) is 17.8 Å². The predicted molar refractivity (Wildman–Crippen MR) is 165 cm³/mol. The van der Waals surface area contributed by atoms with Crippen LogP contribution in [-0.4, -0.2) is 44.6 Å². The number of rotatable bonds is 11. The molecule has 0 aliphatic heterocycles. The second-order valence-electron chi connectivity index (χ2n) is 12.3. The van der Waals surface area contributed by atoms with E-state index in [1.165, 1.54) is 10.9 Å². The number of aromatic nitrogens is 1. The van der Waals surface area contributed by atoms with E-state index in [1.807, 2.05) is 49.9 Å². The van der Waals surface area contributed by atoms with Crippen molar-refractivity contribution in [3.8, 4) is 0 Å². The van der Waals surface area contributed by atoms with Gasteiger partial charge in [0.1, 0.15) is 0 Å². The Labute approximate surface area is 247 Å². The van der Waals surface area contributed by atoms with E-state index in [2.05, 4.69) is 62.7 Å².